The number of phenolic OH excluding ortho intramolecular Hbond substituents is 1. The van der Waals surface area contributed by atoms with Crippen LogP contribution < -0.4 is 5.73 Å². The molecule has 2 atom stereocenters. The van der Waals surface area contributed by atoms with Crippen molar-refractivity contribution in [3.05, 3.63) is 28.3 Å². The number of nitrogens with two attached hydrogens (primary N) is 1. The summed E-state index contributed by atoms with van der Waals surface area (Å²) in [7, 11) is 0. The normalized spacial score (nSPS) is 19.9. The zero-order chi connectivity index (χ0) is 23.6. The minimum Gasteiger partial charge on any atom is -0.508 e. The number of ether oxygens (including phenoxy) is 1. The van der Waals surface area contributed by atoms with E-state index in [4.69, 9.17) is 17.3 Å². The lowest BCUT2D eigenvalue weighted by atomic mass is 9.78. The van der Waals surface area contributed by atoms with Gasteiger partial charge < -0.3 is 25.6 Å². The monoisotopic (exact) mass is 478 g/mol. The molecule has 1 saturated heterocycles. The van der Waals surface area contributed by atoms with Crippen molar-refractivity contribution in [2.75, 3.05) is 19.7 Å². The molecular weight excluding hydrogens is 453 g/mol. The van der Waals surface area contributed by atoms with E-state index in [1.54, 1.807) is 12.1 Å². The highest BCUT2D eigenvalue weighted by Gasteiger charge is 2.44. The summed E-state index contributed by atoms with van der Waals surface area (Å²) < 4.78 is 41.3. The molecule has 0 aromatic heterocycles. The van der Waals surface area contributed by atoms with Crippen molar-refractivity contribution in [1.29, 1.82) is 0 Å². The maximum atomic E-state index is 12.4. The Morgan fingerprint density at radius 3 is 2.34 bits per heavy atom. The van der Waals surface area contributed by atoms with E-state index in [9.17, 15) is 33.0 Å². The number of amides is 1. The minimum absolute atomic E-state index is 0.0710. The average Bonchev–Trinajstić information content (AvgIpc) is 2.71. The lowest BCUT2D eigenvalue weighted by Crippen LogP contribution is -2.48. The number of aliphatic hydroxyl groups is 1. The van der Waals surface area contributed by atoms with Crippen molar-refractivity contribution in [2.24, 2.45) is 11.7 Å². The second-order valence-corrected chi connectivity index (χ2v) is 8.73. The number of nitrogens with zero attached hydrogens (tertiary/aromatic N) is 1. The maximum Gasteiger partial charge on any atom is 0.490 e. The molecule has 2 fully saturated rings. The number of aliphatic hydroxyl groups excluding tert-OH is 1. The number of carbonyl (C=O) groups excluding carboxylic acids is 2. The molecule has 7 nitrogen and oxygen atoms in total. The molecule has 11 heteroatoms. The number of likely N-dealkylation sites (tertiary alicyclic amines) is 1. The first kappa shape index (κ1) is 24.6. The standard InChI is InChI=1S/C21H26ClF3N2O5/c22-15-8-14(16(29)9-13(15)11-2-1-3-11)18(26)12-4-6-27(7-5-12)19(30)17(10-28)32-20(31)21(23,24)25/h8-9,11-12,17-18,28-29H,1-7,10,26H2/t17-,18-/m1/s1. The fourth-order valence-corrected chi connectivity index (χ4v) is 4.52. The smallest absolute Gasteiger partial charge is 0.490 e. The third kappa shape index (κ3) is 5.29. The molecular formula is C21H26ClF3N2O5. The van der Waals surface area contributed by atoms with Crippen LogP contribution in [0.4, 0.5) is 13.2 Å². The molecule has 0 bridgehead atoms. The van der Waals surface area contributed by atoms with E-state index in [0.717, 1.165) is 24.8 Å². The van der Waals surface area contributed by atoms with Gasteiger partial charge in [-0.2, -0.15) is 13.2 Å². The molecule has 1 amide bonds. The molecule has 1 saturated carbocycles. The highest BCUT2D eigenvalue weighted by atomic mass is 35.5. The molecule has 2 aliphatic rings. The molecule has 1 aliphatic carbocycles. The topological polar surface area (TPSA) is 113 Å². The van der Waals surface area contributed by atoms with Crippen molar-refractivity contribution in [3.63, 3.8) is 0 Å². The minimum atomic E-state index is -5.26. The largest absolute Gasteiger partial charge is 0.508 e. The molecule has 1 aromatic rings. The highest BCUT2D eigenvalue weighted by molar-refractivity contribution is 6.31. The van der Waals surface area contributed by atoms with E-state index >= 15 is 0 Å². The number of alkyl halides is 3. The average molecular weight is 479 g/mol. The predicted molar refractivity (Wildman–Crippen MR) is 109 cm³/mol. The Balaban J connectivity index is 1.60. The second kappa shape index (κ2) is 9.84. The van der Waals surface area contributed by atoms with Crippen molar-refractivity contribution in [3.8, 4) is 5.75 Å². The summed E-state index contributed by atoms with van der Waals surface area (Å²) in [5.41, 5.74) is 7.80. The van der Waals surface area contributed by atoms with Crippen LogP contribution in [0.25, 0.3) is 0 Å². The van der Waals surface area contributed by atoms with Crippen LogP contribution in [0.5, 0.6) is 5.75 Å². The molecule has 0 radical (unpaired) electrons. The Morgan fingerprint density at radius 2 is 1.84 bits per heavy atom. The summed E-state index contributed by atoms with van der Waals surface area (Å²) in [6.45, 7) is -0.738. The molecule has 4 N–H and O–H groups in total. The number of hydrogen-bond acceptors (Lipinski definition) is 6. The van der Waals surface area contributed by atoms with E-state index in [1.165, 1.54) is 4.90 Å². The van der Waals surface area contributed by atoms with Crippen LogP contribution in [0.1, 0.15) is 55.2 Å². The van der Waals surface area contributed by atoms with E-state index in [1.807, 2.05) is 0 Å². The van der Waals surface area contributed by atoms with Gasteiger partial charge in [0, 0.05) is 29.7 Å². The zero-order valence-corrected chi connectivity index (χ0v) is 18.0. The molecule has 178 valence electrons. The first-order chi connectivity index (χ1) is 15.0. The number of aromatic hydroxyl groups is 1. The summed E-state index contributed by atoms with van der Waals surface area (Å²) >= 11 is 6.42. The lowest BCUT2D eigenvalue weighted by Gasteiger charge is -2.36. The van der Waals surface area contributed by atoms with Gasteiger partial charge in [0.1, 0.15) is 5.75 Å². The van der Waals surface area contributed by atoms with Gasteiger partial charge in [0.05, 0.1) is 6.61 Å². The van der Waals surface area contributed by atoms with Gasteiger partial charge in [0.25, 0.3) is 5.91 Å². The Kier molecular flexibility index (Phi) is 7.57. The van der Waals surface area contributed by atoms with Gasteiger partial charge in [0.15, 0.2) is 0 Å². The Morgan fingerprint density at radius 1 is 1.22 bits per heavy atom. The van der Waals surface area contributed by atoms with Crippen LogP contribution in [-0.4, -0.2) is 59.0 Å². The molecule has 1 aromatic carbocycles. The summed E-state index contributed by atoms with van der Waals surface area (Å²) in [5.74, 6) is -3.12. The molecule has 1 aliphatic heterocycles. The third-order valence-corrected chi connectivity index (χ3v) is 6.66. The van der Waals surface area contributed by atoms with Crippen molar-refractivity contribution in [2.45, 2.75) is 56.3 Å². The molecule has 3 rings (SSSR count). The van der Waals surface area contributed by atoms with Gasteiger partial charge in [-0.15, -0.1) is 0 Å². The van der Waals surface area contributed by atoms with Gasteiger partial charge in [-0.1, -0.05) is 18.0 Å². The number of phenols is 1. The number of piperidine rings is 1. The van der Waals surface area contributed by atoms with Gasteiger partial charge in [-0.05, 0) is 55.2 Å². The Bertz CT molecular complexity index is 855. The molecule has 0 unspecified atom stereocenters. The van der Waals surface area contributed by atoms with E-state index in [2.05, 4.69) is 4.74 Å². The quantitative estimate of drug-likeness (QED) is 0.542. The van der Waals surface area contributed by atoms with Gasteiger partial charge in [-0.25, -0.2) is 4.79 Å². The highest BCUT2D eigenvalue weighted by Crippen LogP contribution is 2.44. The summed E-state index contributed by atoms with van der Waals surface area (Å²) in [6.07, 6.45) is -3.15. The number of hydrogen-bond donors (Lipinski definition) is 3. The maximum absolute atomic E-state index is 12.4. The number of rotatable bonds is 6. The zero-order valence-electron chi connectivity index (χ0n) is 17.3. The fourth-order valence-electron chi connectivity index (χ4n) is 4.19. The summed E-state index contributed by atoms with van der Waals surface area (Å²) in [6, 6.07) is 2.81. The van der Waals surface area contributed by atoms with Crippen LogP contribution in [-0.2, 0) is 14.3 Å². The third-order valence-electron chi connectivity index (χ3n) is 6.33. The van der Waals surface area contributed by atoms with Gasteiger partial charge in [-0.3, -0.25) is 4.79 Å². The van der Waals surface area contributed by atoms with Crippen molar-refractivity contribution in [1.82, 2.24) is 4.90 Å². The van der Waals surface area contributed by atoms with Crippen LogP contribution in [0, 0.1) is 5.92 Å². The number of esters is 1. The van der Waals surface area contributed by atoms with E-state index in [-0.39, 0.29) is 24.8 Å². The number of carbonyl (C=O) groups is 2. The second-order valence-electron chi connectivity index (χ2n) is 8.32. The summed E-state index contributed by atoms with van der Waals surface area (Å²) in [5, 5.41) is 20.3. The lowest BCUT2D eigenvalue weighted by molar-refractivity contribution is -0.208. The summed E-state index contributed by atoms with van der Waals surface area (Å²) in [4.78, 5) is 24.6. The Hall–Kier alpha value is -2.04. The number of halogens is 4. The Labute approximate surface area is 188 Å². The molecule has 1 heterocycles. The van der Waals surface area contributed by atoms with Gasteiger partial charge in [0.2, 0.25) is 6.10 Å². The van der Waals surface area contributed by atoms with Crippen LogP contribution in [0.2, 0.25) is 5.02 Å². The van der Waals surface area contributed by atoms with Crippen LogP contribution in [0.15, 0.2) is 12.1 Å². The van der Waals surface area contributed by atoms with E-state index in [0.29, 0.717) is 29.3 Å². The predicted octanol–water partition coefficient (Wildman–Crippen LogP) is 3.02. The first-order valence-corrected chi connectivity index (χ1v) is 10.9. The van der Waals surface area contributed by atoms with Crippen LogP contribution in [0.3, 0.4) is 0 Å². The molecule has 0 spiro atoms. The SMILES string of the molecule is N[C@@H](c1cc(Cl)c(C2CCC2)cc1O)C1CCN(C(=O)[C@@H](CO)OC(=O)C(F)(F)F)CC1. The number of benzene rings is 1. The van der Waals surface area contributed by atoms with Gasteiger partial charge >= 0.3 is 12.1 Å². The fraction of sp³-hybridized carbons (Fsp3) is 0.619. The molecule has 32 heavy (non-hydrogen) atoms. The van der Waals surface area contributed by atoms with Crippen LogP contribution >= 0.6 is 11.6 Å². The van der Waals surface area contributed by atoms with Crippen molar-refractivity contribution >= 4 is 23.5 Å². The van der Waals surface area contributed by atoms with Crippen molar-refractivity contribution < 1.29 is 37.7 Å². The van der Waals surface area contributed by atoms with E-state index < -0.39 is 36.8 Å². The first-order valence-electron chi connectivity index (χ1n) is 10.5.